The number of hydrogen-bond acceptors (Lipinski definition) is 9. The Morgan fingerprint density at radius 1 is 1.07 bits per heavy atom. The molecule has 1 amide bonds. The highest BCUT2D eigenvalue weighted by Gasteiger charge is 2.28. The van der Waals surface area contributed by atoms with Gasteiger partial charge in [0.05, 0.1) is 27.7 Å². The predicted molar refractivity (Wildman–Crippen MR) is 165 cm³/mol. The molecule has 238 valence electrons. The number of carbonyl (C=O) groups excluding carboxylic acids is 1. The maximum absolute atomic E-state index is 13.4. The summed E-state index contributed by atoms with van der Waals surface area (Å²) in [5.74, 6) is 0.0416. The number of alkyl halides is 2. The zero-order valence-corrected chi connectivity index (χ0v) is 26.7. The Labute approximate surface area is 261 Å². The van der Waals surface area contributed by atoms with Gasteiger partial charge in [-0.05, 0) is 83.2 Å². The number of halogens is 3. The number of amides is 1. The molecule has 14 heteroatoms. The van der Waals surface area contributed by atoms with E-state index in [1.165, 1.54) is 12.3 Å². The Morgan fingerprint density at radius 2 is 1.75 bits per heavy atom. The number of carbonyl (C=O) groups is 1. The second kappa shape index (κ2) is 13.5. The lowest BCUT2D eigenvalue weighted by Gasteiger charge is -2.33. The summed E-state index contributed by atoms with van der Waals surface area (Å²) >= 11 is 6.33. The second-order valence-electron chi connectivity index (χ2n) is 11.6. The van der Waals surface area contributed by atoms with Crippen molar-refractivity contribution in [1.29, 1.82) is 0 Å². The Balaban J connectivity index is 1.54. The van der Waals surface area contributed by atoms with Crippen LogP contribution in [-0.2, 0) is 14.6 Å². The number of ether oxygens (including phenoxy) is 2. The molecule has 0 bridgehead atoms. The fourth-order valence-electron chi connectivity index (χ4n) is 4.65. The number of sulfone groups is 1. The molecular formula is C30H36ClF2N5O5S. The minimum Gasteiger partial charge on any atom is -0.444 e. The van der Waals surface area contributed by atoms with E-state index < -0.39 is 27.3 Å². The molecule has 0 spiro atoms. The van der Waals surface area contributed by atoms with E-state index in [4.69, 9.17) is 21.1 Å². The zero-order valence-electron chi connectivity index (χ0n) is 25.1. The van der Waals surface area contributed by atoms with Crippen LogP contribution in [0.1, 0.15) is 58.9 Å². The van der Waals surface area contributed by atoms with Gasteiger partial charge in [-0.2, -0.15) is 13.8 Å². The minimum absolute atomic E-state index is 0.0126. The monoisotopic (exact) mass is 651 g/mol. The maximum atomic E-state index is 13.4. The molecule has 2 N–H and O–H groups in total. The van der Waals surface area contributed by atoms with E-state index in [9.17, 15) is 22.0 Å². The van der Waals surface area contributed by atoms with E-state index in [1.807, 2.05) is 20.8 Å². The first-order chi connectivity index (χ1) is 20.6. The molecule has 4 rings (SSSR count). The van der Waals surface area contributed by atoms with E-state index >= 15 is 0 Å². The van der Waals surface area contributed by atoms with Crippen LogP contribution in [0.5, 0.6) is 5.75 Å². The molecule has 3 aromatic rings. The maximum Gasteiger partial charge on any atom is 0.410 e. The molecule has 1 aliphatic rings. The summed E-state index contributed by atoms with van der Waals surface area (Å²) in [6.45, 7) is 6.47. The van der Waals surface area contributed by atoms with Crippen molar-refractivity contribution in [3.63, 3.8) is 0 Å². The van der Waals surface area contributed by atoms with Crippen molar-refractivity contribution in [1.82, 2.24) is 14.9 Å². The van der Waals surface area contributed by atoms with E-state index in [0.29, 0.717) is 25.9 Å². The molecule has 1 aromatic heterocycles. The Kier molecular flexibility index (Phi) is 10.2. The topological polar surface area (TPSA) is 123 Å². The van der Waals surface area contributed by atoms with Crippen molar-refractivity contribution in [2.75, 3.05) is 23.7 Å². The third-order valence-corrected chi connectivity index (χ3v) is 9.38. The average Bonchev–Trinajstić information content (AvgIpc) is 2.95. The zero-order chi connectivity index (χ0) is 32.2. The van der Waals surface area contributed by atoms with Crippen molar-refractivity contribution in [3.8, 4) is 5.75 Å². The number of nitrogens with zero attached hydrogens (tertiary/aromatic N) is 3. The van der Waals surface area contributed by atoms with Gasteiger partial charge < -0.3 is 25.0 Å². The van der Waals surface area contributed by atoms with Gasteiger partial charge in [0.2, 0.25) is 5.95 Å². The largest absolute Gasteiger partial charge is 0.444 e. The molecule has 1 aliphatic heterocycles. The third kappa shape index (κ3) is 8.26. The highest BCUT2D eigenvalue weighted by molar-refractivity contribution is 7.92. The number of benzene rings is 2. The number of rotatable bonds is 9. The summed E-state index contributed by atoms with van der Waals surface area (Å²) in [5, 5.41) is 5.32. The minimum atomic E-state index is -3.62. The standard InChI is InChI=1S/C30H36ClF2N5O5S/c1-18(2)44(40,41)25-9-7-6-8-23(25)35-26-21(31)17-34-28(37-26)36-22-11-10-20(16-24(22)42-27(32)33)19-12-14-38(15-13-19)29(39)43-30(3,4)5/h6-11,16-19,27H,12-15H2,1-5H3,(H2,34,35,36,37). The fourth-order valence-corrected chi connectivity index (χ4v) is 5.99. The first-order valence-electron chi connectivity index (χ1n) is 14.1. The number of para-hydroxylation sites is 1. The molecule has 10 nitrogen and oxygen atoms in total. The first-order valence-corrected chi connectivity index (χ1v) is 16.0. The number of likely N-dealkylation sites (tertiary alicyclic amines) is 1. The predicted octanol–water partition coefficient (Wildman–Crippen LogP) is 7.52. The van der Waals surface area contributed by atoms with Gasteiger partial charge in [0.25, 0.3) is 0 Å². The van der Waals surface area contributed by atoms with Gasteiger partial charge in [-0.3, -0.25) is 0 Å². The van der Waals surface area contributed by atoms with Crippen molar-refractivity contribution in [2.45, 2.75) is 75.7 Å². The summed E-state index contributed by atoms with van der Waals surface area (Å²) in [6.07, 6.45) is 2.19. The highest BCUT2D eigenvalue weighted by Crippen LogP contribution is 2.37. The molecule has 0 atom stereocenters. The van der Waals surface area contributed by atoms with Crippen LogP contribution in [0.25, 0.3) is 0 Å². The van der Waals surface area contributed by atoms with Crippen molar-refractivity contribution < 1.29 is 31.5 Å². The normalized spacial score (nSPS) is 14.5. The van der Waals surface area contributed by atoms with Crippen LogP contribution in [-0.4, -0.2) is 59.9 Å². The molecule has 0 radical (unpaired) electrons. The van der Waals surface area contributed by atoms with E-state index in [2.05, 4.69) is 20.6 Å². The third-order valence-electron chi connectivity index (χ3n) is 6.90. The smallest absolute Gasteiger partial charge is 0.410 e. The molecule has 44 heavy (non-hydrogen) atoms. The van der Waals surface area contributed by atoms with Crippen LogP contribution in [0, 0.1) is 0 Å². The Hall–Kier alpha value is -3.71. The molecule has 2 heterocycles. The SMILES string of the molecule is CC(C)S(=O)(=O)c1ccccc1Nc1nc(Nc2ccc(C3CCN(C(=O)OC(C)(C)C)CC3)cc2OC(F)F)ncc1Cl. The van der Waals surface area contributed by atoms with Gasteiger partial charge in [-0.1, -0.05) is 29.8 Å². The van der Waals surface area contributed by atoms with Crippen LogP contribution in [0.4, 0.5) is 36.7 Å². The van der Waals surface area contributed by atoms with Crippen LogP contribution in [0.15, 0.2) is 53.6 Å². The van der Waals surface area contributed by atoms with E-state index in [0.717, 1.165) is 5.56 Å². The van der Waals surface area contributed by atoms with E-state index in [-0.39, 0.29) is 50.8 Å². The lowest BCUT2D eigenvalue weighted by atomic mass is 9.89. The fraction of sp³-hybridized carbons (Fsp3) is 0.433. The van der Waals surface area contributed by atoms with Gasteiger partial charge in [0, 0.05) is 13.1 Å². The number of aromatic nitrogens is 2. The summed E-state index contributed by atoms with van der Waals surface area (Å²) in [6, 6.07) is 11.3. The summed E-state index contributed by atoms with van der Waals surface area (Å²) < 4.78 is 62.9. The van der Waals surface area contributed by atoms with Crippen LogP contribution in [0.2, 0.25) is 5.02 Å². The van der Waals surface area contributed by atoms with Crippen molar-refractivity contribution in [2.24, 2.45) is 0 Å². The number of nitrogens with one attached hydrogen (secondary N) is 2. The summed E-state index contributed by atoms with van der Waals surface area (Å²) in [5.41, 5.74) is 0.659. The lowest BCUT2D eigenvalue weighted by Crippen LogP contribution is -2.41. The van der Waals surface area contributed by atoms with Crippen LogP contribution in [0.3, 0.4) is 0 Å². The van der Waals surface area contributed by atoms with Gasteiger partial charge in [0.1, 0.15) is 16.4 Å². The van der Waals surface area contributed by atoms with Gasteiger partial charge in [-0.25, -0.2) is 18.2 Å². The second-order valence-corrected chi connectivity index (χ2v) is 14.5. The number of hydrogen-bond donors (Lipinski definition) is 2. The van der Waals surface area contributed by atoms with Crippen molar-refractivity contribution >= 4 is 50.7 Å². The molecule has 0 saturated carbocycles. The average molecular weight is 652 g/mol. The van der Waals surface area contributed by atoms with Crippen molar-refractivity contribution in [3.05, 3.63) is 59.2 Å². The molecular weight excluding hydrogens is 616 g/mol. The first kappa shape index (κ1) is 33.2. The molecule has 1 saturated heterocycles. The lowest BCUT2D eigenvalue weighted by molar-refractivity contribution is -0.0494. The quantitative estimate of drug-likeness (QED) is 0.242. The molecule has 2 aromatic carbocycles. The molecule has 0 unspecified atom stereocenters. The van der Waals surface area contributed by atoms with Crippen LogP contribution < -0.4 is 15.4 Å². The molecule has 1 fully saturated rings. The number of piperidine rings is 1. The van der Waals surface area contributed by atoms with Gasteiger partial charge in [-0.15, -0.1) is 0 Å². The van der Waals surface area contributed by atoms with Gasteiger partial charge >= 0.3 is 12.7 Å². The summed E-state index contributed by atoms with van der Waals surface area (Å²) in [7, 11) is -3.62. The van der Waals surface area contributed by atoms with Crippen LogP contribution >= 0.6 is 11.6 Å². The molecule has 0 aliphatic carbocycles. The Bertz CT molecular complexity index is 1590. The number of anilines is 4. The Morgan fingerprint density at radius 3 is 2.39 bits per heavy atom. The van der Waals surface area contributed by atoms with Gasteiger partial charge in [0.15, 0.2) is 15.7 Å². The highest BCUT2D eigenvalue weighted by atomic mass is 35.5. The summed E-state index contributed by atoms with van der Waals surface area (Å²) in [4.78, 5) is 22.7. The van der Waals surface area contributed by atoms with E-state index in [1.54, 1.807) is 55.1 Å².